The quantitative estimate of drug-likeness (QED) is 0.697. The van der Waals surface area contributed by atoms with Gasteiger partial charge >= 0.3 is 0 Å². The van der Waals surface area contributed by atoms with Crippen LogP contribution in [0.3, 0.4) is 0 Å². The van der Waals surface area contributed by atoms with Crippen molar-refractivity contribution >= 4 is 49.1 Å². The summed E-state index contributed by atoms with van der Waals surface area (Å²) >= 11 is 4.97. The van der Waals surface area contributed by atoms with Crippen molar-refractivity contribution in [2.24, 2.45) is 0 Å². The molecule has 3 rings (SSSR count). The Morgan fingerprint density at radius 1 is 1.26 bits per heavy atom. The van der Waals surface area contributed by atoms with Crippen LogP contribution in [-0.2, 0) is 4.79 Å². The number of carbonyl (C=O) groups is 1. The first-order valence-corrected chi connectivity index (χ1v) is 8.72. The maximum atomic E-state index is 12.3. The van der Waals surface area contributed by atoms with E-state index in [1.165, 1.54) is 0 Å². The lowest BCUT2D eigenvalue weighted by Gasteiger charge is -2.14. The van der Waals surface area contributed by atoms with Crippen molar-refractivity contribution in [3.05, 3.63) is 51.9 Å². The summed E-state index contributed by atoms with van der Waals surface area (Å²) in [5.41, 5.74) is 1.70. The molecule has 0 saturated carbocycles. The zero-order chi connectivity index (χ0) is 16.4. The fraction of sp³-hybridized carbons (Fsp3) is 0.176. The molecule has 0 spiro atoms. The highest BCUT2D eigenvalue weighted by molar-refractivity contribution is 9.10. The van der Waals surface area contributed by atoms with E-state index in [1.807, 2.05) is 49.4 Å². The van der Waals surface area contributed by atoms with Crippen LogP contribution in [0.1, 0.15) is 11.9 Å². The molecule has 1 heterocycles. The number of aryl methyl sites for hydroxylation is 1. The molecule has 6 heteroatoms. The van der Waals surface area contributed by atoms with Gasteiger partial charge in [-0.15, -0.1) is 11.3 Å². The van der Waals surface area contributed by atoms with Crippen LogP contribution in [0.25, 0.3) is 10.2 Å². The molecule has 0 radical (unpaired) electrons. The molecule has 23 heavy (non-hydrogen) atoms. The number of halogens is 1. The summed E-state index contributed by atoms with van der Waals surface area (Å²) in [4.78, 5) is 16.7. The van der Waals surface area contributed by atoms with Crippen LogP contribution in [-0.4, -0.2) is 17.0 Å². The minimum atomic E-state index is -0.588. The van der Waals surface area contributed by atoms with Crippen molar-refractivity contribution in [2.75, 3.05) is 5.32 Å². The average molecular weight is 391 g/mol. The van der Waals surface area contributed by atoms with Crippen LogP contribution in [0.5, 0.6) is 5.75 Å². The molecule has 0 unspecified atom stereocenters. The first kappa shape index (κ1) is 16.0. The van der Waals surface area contributed by atoms with Gasteiger partial charge < -0.3 is 10.1 Å². The van der Waals surface area contributed by atoms with E-state index in [0.29, 0.717) is 5.75 Å². The molecular formula is C17H15BrN2O2S. The van der Waals surface area contributed by atoms with Crippen LogP contribution in [0.15, 0.2) is 46.9 Å². The molecule has 0 aliphatic heterocycles. The van der Waals surface area contributed by atoms with Crippen molar-refractivity contribution in [1.82, 2.24) is 4.98 Å². The van der Waals surface area contributed by atoms with Gasteiger partial charge in [-0.3, -0.25) is 4.79 Å². The van der Waals surface area contributed by atoms with E-state index in [-0.39, 0.29) is 5.91 Å². The smallest absolute Gasteiger partial charge is 0.265 e. The average Bonchev–Trinajstić information content (AvgIpc) is 2.88. The van der Waals surface area contributed by atoms with Gasteiger partial charge in [0.15, 0.2) is 6.10 Å². The highest BCUT2D eigenvalue weighted by atomic mass is 79.9. The Morgan fingerprint density at radius 3 is 2.74 bits per heavy atom. The third-order valence-electron chi connectivity index (χ3n) is 3.26. The Morgan fingerprint density at radius 2 is 2.00 bits per heavy atom. The van der Waals surface area contributed by atoms with Gasteiger partial charge in [0, 0.05) is 10.2 Å². The summed E-state index contributed by atoms with van der Waals surface area (Å²) in [6.07, 6.45) is -0.588. The number of amides is 1. The Kier molecular flexibility index (Phi) is 4.63. The number of carbonyl (C=O) groups excluding carboxylic acids is 1. The summed E-state index contributed by atoms with van der Waals surface area (Å²) in [6, 6.07) is 13.1. The van der Waals surface area contributed by atoms with Crippen molar-refractivity contribution < 1.29 is 9.53 Å². The highest BCUT2D eigenvalue weighted by Gasteiger charge is 2.15. The maximum absolute atomic E-state index is 12.3. The van der Waals surface area contributed by atoms with Crippen molar-refractivity contribution in [1.29, 1.82) is 0 Å². The lowest BCUT2D eigenvalue weighted by Crippen LogP contribution is -2.30. The molecule has 0 saturated heterocycles. The summed E-state index contributed by atoms with van der Waals surface area (Å²) in [5.74, 6) is 0.470. The third-order valence-corrected chi connectivity index (χ3v) is 4.72. The second-order valence-corrected chi connectivity index (χ2v) is 7.27. The zero-order valence-corrected chi connectivity index (χ0v) is 15.1. The van der Waals surface area contributed by atoms with E-state index in [9.17, 15) is 4.79 Å². The number of anilines is 1. The molecule has 2 aromatic carbocycles. The molecule has 0 aliphatic carbocycles. The van der Waals surface area contributed by atoms with E-state index in [4.69, 9.17) is 4.74 Å². The van der Waals surface area contributed by atoms with Crippen LogP contribution in [0.4, 0.5) is 5.69 Å². The number of benzene rings is 2. The van der Waals surface area contributed by atoms with Gasteiger partial charge in [-0.1, -0.05) is 15.9 Å². The number of ether oxygens (including phenoxy) is 1. The summed E-state index contributed by atoms with van der Waals surface area (Å²) in [7, 11) is 0. The number of hydrogen-bond acceptors (Lipinski definition) is 4. The van der Waals surface area contributed by atoms with Gasteiger partial charge in [0.2, 0.25) is 0 Å². The molecule has 1 N–H and O–H groups in total. The van der Waals surface area contributed by atoms with Crippen LogP contribution in [0, 0.1) is 6.92 Å². The number of aromatic nitrogens is 1. The number of fused-ring (bicyclic) bond motifs is 1. The van der Waals surface area contributed by atoms with E-state index in [0.717, 1.165) is 25.4 Å². The monoisotopic (exact) mass is 390 g/mol. The molecule has 4 nitrogen and oxygen atoms in total. The first-order chi connectivity index (χ1) is 11.0. The van der Waals surface area contributed by atoms with Crippen LogP contribution >= 0.6 is 27.3 Å². The SMILES string of the molecule is Cc1nc2ccc(NC(=O)[C@@H](C)Oc3ccc(Br)cc3)cc2s1. The number of hydrogen-bond donors (Lipinski definition) is 1. The highest BCUT2D eigenvalue weighted by Crippen LogP contribution is 2.25. The van der Waals surface area contributed by atoms with E-state index >= 15 is 0 Å². The summed E-state index contributed by atoms with van der Waals surface area (Å²) in [6.45, 7) is 3.70. The lowest BCUT2D eigenvalue weighted by molar-refractivity contribution is -0.122. The van der Waals surface area contributed by atoms with E-state index in [1.54, 1.807) is 18.3 Å². The molecule has 0 fully saturated rings. The number of thiazole rings is 1. The second kappa shape index (κ2) is 6.68. The van der Waals surface area contributed by atoms with Crippen LogP contribution in [0.2, 0.25) is 0 Å². The lowest BCUT2D eigenvalue weighted by atomic mass is 10.2. The standard InChI is InChI=1S/C17H15BrN2O2S/c1-10(22-14-6-3-12(18)4-7-14)17(21)20-13-5-8-15-16(9-13)23-11(2)19-15/h3-10H,1-2H3,(H,20,21)/t10-/m1/s1. The predicted molar refractivity (Wildman–Crippen MR) is 97.2 cm³/mol. The number of nitrogens with one attached hydrogen (secondary N) is 1. The van der Waals surface area contributed by atoms with Gasteiger partial charge in [0.1, 0.15) is 5.75 Å². The summed E-state index contributed by atoms with van der Waals surface area (Å²) < 4.78 is 7.68. The van der Waals surface area contributed by atoms with E-state index < -0.39 is 6.10 Å². The Balaban J connectivity index is 1.67. The molecular weight excluding hydrogens is 376 g/mol. The van der Waals surface area contributed by atoms with Crippen LogP contribution < -0.4 is 10.1 Å². The van der Waals surface area contributed by atoms with Gasteiger partial charge in [-0.25, -0.2) is 4.98 Å². The molecule has 0 aliphatic rings. The zero-order valence-electron chi connectivity index (χ0n) is 12.7. The largest absolute Gasteiger partial charge is 0.481 e. The molecule has 1 aromatic heterocycles. The topological polar surface area (TPSA) is 51.2 Å². The summed E-state index contributed by atoms with van der Waals surface area (Å²) in [5, 5.41) is 3.89. The normalized spacial score (nSPS) is 12.1. The minimum absolute atomic E-state index is 0.187. The first-order valence-electron chi connectivity index (χ1n) is 7.11. The predicted octanol–water partition coefficient (Wildman–Crippen LogP) is 4.77. The fourth-order valence-electron chi connectivity index (χ4n) is 2.13. The second-order valence-electron chi connectivity index (χ2n) is 5.12. The van der Waals surface area contributed by atoms with Crippen molar-refractivity contribution in [2.45, 2.75) is 20.0 Å². The third kappa shape index (κ3) is 3.89. The molecule has 118 valence electrons. The van der Waals surface area contributed by atoms with Gasteiger partial charge in [0.05, 0.1) is 15.2 Å². The molecule has 1 amide bonds. The van der Waals surface area contributed by atoms with Gasteiger partial charge in [-0.05, 0) is 56.3 Å². The minimum Gasteiger partial charge on any atom is -0.481 e. The molecule has 3 aromatic rings. The Labute approximate surface area is 146 Å². The molecule has 0 bridgehead atoms. The van der Waals surface area contributed by atoms with Gasteiger partial charge in [-0.2, -0.15) is 0 Å². The maximum Gasteiger partial charge on any atom is 0.265 e. The Hall–Kier alpha value is -1.92. The Bertz CT molecular complexity index is 845. The fourth-order valence-corrected chi connectivity index (χ4v) is 3.26. The van der Waals surface area contributed by atoms with E-state index in [2.05, 4.69) is 26.2 Å². The van der Waals surface area contributed by atoms with Crippen molar-refractivity contribution in [3.8, 4) is 5.75 Å². The number of rotatable bonds is 4. The number of nitrogens with zero attached hydrogens (tertiary/aromatic N) is 1. The molecule has 1 atom stereocenters. The van der Waals surface area contributed by atoms with Crippen molar-refractivity contribution in [3.63, 3.8) is 0 Å². The van der Waals surface area contributed by atoms with Gasteiger partial charge in [0.25, 0.3) is 5.91 Å².